The summed E-state index contributed by atoms with van der Waals surface area (Å²) in [4.78, 5) is 14.5. The van der Waals surface area contributed by atoms with E-state index < -0.39 is 5.60 Å². The summed E-state index contributed by atoms with van der Waals surface area (Å²) in [6.45, 7) is 2.09. The zero-order valence-corrected chi connectivity index (χ0v) is 12.4. The van der Waals surface area contributed by atoms with Crippen molar-refractivity contribution >= 4 is 5.91 Å². The molecular formula is C16H27NO3. The van der Waals surface area contributed by atoms with E-state index in [1.54, 1.807) is 0 Å². The highest BCUT2D eigenvalue weighted by atomic mass is 16.5. The minimum atomic E-state index is -0.740. The van der Waals surface area contributed by atoms with E-state index in [1.807, 2.05) is 4.90 Å². The first-order chi connectivity index (χ1) is 9.61. The lowest BCUT2D eigenvalue weighted by molar-refractivity contribution is -0.155. The van der Waals surface area contributed by atoms with Crippen LogP contribution in [-0.2, 0) is 9.53 Å². The molecule has 0 aromatic heterocycles. The maximum atomic E-state index is 12.5. The van der Waals surface area contributed by atoms with Crippen molar-refractivity contribution in [2.75, 3.05) is 19.7 Å². The standard InChI is InChI=1S/C16H27NO3/c18-14(12-15(19)6-2-1-3-7-15)17-10-11-20-16(13-17)8-4-5-9-16/h19H,1-13H2. The molecule has 1 N–H and O–H groups in total. The number of aliphatic hydroxyl groups is 1. The molecule has 114 valence electrons. The van der Waals surface area contributed by atoms with Gasteiger partial charge >= 0.3 is 0 Å². The molecule has 0 unspecified atom stereocenters. The van der Waals surface area contributed by atoms with Crippen molar-refractivity contribution in [1.82, 2.24) is 4.90 Å². The van der Waals surface area contributed by atoms with Crippen LogP contribution in [0.5, 0.6) is 0 Å². The SMILES string of the molecule is O=C(CC1(O)CCCCC1)N1CCOC2(CCCC2)C1. The van der Waals surface area contributed by atoms with Gasteiger partial charge in [0.1, 0.15) is 0 Å². The molecule has 1 amide bonds. The van der Waals surface area contributed by atoms with Crippen molar-refractivity contribution in [2.24, 2.45) is 0 Å². The first kappa shape index (κ1) is 14.3. The summed E-state index contributed by atoms with van der Waals surface area (Å²) >= 11 is 0. The normalized spacial score (nSPS) is 28.8. The summed E-state index contributed by atoms with van der Waals surface area (Å²) in [7, 11) is 0. The van der Waals surface area contributed by atoms with E-state index in [2.05, 4.69) is 0 Å². The fourth-order valence-corrected chi connectivity index (χ4v) is 4.16. The number of carbonyl (C=O) groups excluding carboxylic acids is 1. The number of rotatable bonds is 2. The maximum absolute atomic E-state index is 12.5. The molecule has 0 aromatic carbocycles. The van der Waals surface area contributed by atoms with Gasteiger partial charge in [-0.1, -0.05) is 32.1 Å². The molecule has 0 atom stereocenters. The van der Waals surface area contributed by atoms with Gasteiger partial charge in [0, 0.05) is 13.1 Å². The van der Waals surface area contributed by atoms with Crippen molar-refractivity contribution in [1.29, 1.82) is 0 Å². The van der Waals surface area contributed by atoms with E-state index >= 15 is 0 Å². The second kappa shape index (κ2) is 5.64. The molecule has 4 nitrogen and oxygen atoms in total. The lowest BCUT2D eigenvalue weighted by Crippen LogP contribution is -2.53. The Bertz CT molecular complexity index is 357. The summed E-state index contributed by atoms with van der Waals surface area (Å²) in [6, 6.07) is 0. The fourth-order valence-electron chi connectivity index (χ4n) is 4.16. The van der Waals surface area contributed by atoms with E-state index in [9.17, 15) is 9.90 Å². The van der Waals surface area contributed by atoms with Crippen molar-refractivity contribution < 1.29 is 14.6 Å². The van der Waals surface area contributed by atoms with Gasteiger partial charge in [-0.25, -0.2) is 0 Å². The molecule has 1 saturated heterocycles. The third kappa shape index (κ3) is 3.01. The van der Waals surface area contributed by atoms with E-state index in [0.717, 1.165) is 45.1 Å². The minimum Gasteiger partial charge on any atom is -0.389 e. The smallest absolute Gasteiger partial charge is 0.225 e. The molecule has 1 heterocycles. The summed E-state index contributed by atoms with van der Waals surface area (Å²) in [5, 5.41) is 10.6. The zero-order valence-electron chi connectivity index (χ0n) is 12.4. The molecule has 0 radical (unpaired) electrons. The van der Waals surface area contributed by atoms with Gasteiger partial charge in [0.2, 0.25) is 5.91 Å². The van der Waals surface area contributed by atoms with Crippen molar-refractivity contribution in [3.8, 4) is 0 Å². The number of amides is 1. The highest BCUT2D eigenvalue weighted by Crippen LogP contribution is 2.37. The van der Waals surface area contributed by atoms with Crippen LogP contribution in [0, 0.1) is 0 Å². The van der Waals surface area contributed by atoms with E-state index in [0.29, 0.717) is 19.6 Å². The summed E-state index contributed by atoms with van der Waals surface area (Å²) < 4.78 is 5.97. The quantitative estimate of drug-likeness (QED) is 0.844. The van der Waals surface area contributed by atoms with Crippen LogP contribution in [0.25, 0.3) is 0 Å². The number of ether oxygens (including phenoxy) is 1. The lowest BCUT2D eigenvalue weighted by atomic mass is 9.82. The van der Waals surface area contributed by atoms with Gasteiger partial charge in [-0.2, -0.15) is 0 Å². The third-order valence-electron chi connectivity index (χ3n) is 5.38. The number of morpholine rings is 1. The molecule has 1 aliphatic heterocycles. The van der Waals surface area contributed by atoms with E-state index in [1.165, 1.54) is 19.3 Å². The van der Waals surface area contributed by atoms with Gasteiger partial charge in [0.15, 0.2) is 0 Å². The predicted molar refractivity (Wildman–Crippen MR) is 76.4 cm³/mol. The van der Waals surface area contributed by atoms with Crippen molar-refractivity contribution in [3.63, 3.8) is 0 Å². The second-order valence-corrected chi connectivity index (χ2v) is 7.02. The Hall–Kier alpha value is -0.610. The van der Waals surface area contributed by atoms with Crippen LogP contribution in [0.2, 0.25) is 0 Å². The van der Waals surface area contributed by atoms with Crippen LogP contribution < -0.4 is 0 Å². The molecular weight excluding hydrogens is 254 g/mol. The number of hydrogen-bond donors (Lipinski definition) is 1. The molecule has 3 rings (SSSR count). The van der Waals surface area contributed by atoms with Crippen LogP contribution in [0.1, 0.15) is 64.2 Å². The Balaban J connectivity index is 1.59. The Morgan fingerprint density at radius 3 is 2.40 bits per heavy atom. The maximum Gasteiger partial charge on any atom is 0.225 e. The average Bonchev–Trinajstić information content (AvgIpc) is 2.87. The highest BCUT2D eigenvalue weighted by Gasteiger charge is 2.42. The fraction of sp³-hybridized carbons (Fsp3) is 0.938. The molecule has 20 heavy (non-hydrogen) atoms. The van der Waals surface area contributed by atoms with Crippen LogP contribution in [-0.4, -0.2) is 46.8 Å². The van der Waals surface area contributed by atoms with Gasteiger partial charge in [0.25, 0.3) is 0 Å². The highest BCUT2D eigenvalue weighted by molar-refractivity contribution is 5.77. The van der Waals surface area contributed by atoms with Crippen LogP contribution >= 0.6 is 0 Å². The molecule has 0 bridgehead atoms. The Kier molecular flexibility index (Phi) is 4.04. The minimum absolute atomic E-state index is 0.0664. The molecule has 4 heteroatoms. The second-order valence-electron chi connectivity index (χ2n) is 7.02. The van der Waals surface area contributed by atoms with Crippen molar-refractivity contribution in [3.05, 3.63) is 0 Å². The van der Waals surface area contributed by atoms with Crippen LogP contribution in [0.3, 0.4) is 0 Å². The van der Waals surface area contributed by atoms with Gasteiger partial charge in [-0.3, -0.25) is 4.79 Å². The lowest BCUT2D eigenvalue weighted by Gasteiger charge is -2.42. The predicted octanol–water partition coefficient (Wildman–Crippen LogP) is 2.24. The largest absolute Gasteiger partial charge is 0.389 e. The molecule has 0 aromatic rings. The Morgan fingerprint density at radius 2 is 1.70 bits per heavy atom. The molecule has 2 aliphatic carbocycles. The Labute approximate surface area is 121 Å². The first-order valence-corrected chi connectivity index (χ1v) is 8.25. The zero-order chi connectivity index (χ0) is 14.1. The van der Waals surface area contributed by atoms with Gasteiger partial charge in [-0.05, 0) is 25.7 Å². The van der Waals surface area contributed by atoms with Gasteiger partial charge in [0.05, 0.1) is 24.2 Å². The number of hydrogen-bond acceptors (Lipinski definition) is 3. The van der Waals surface area contributed by atoms with Gasteiger partial charge in [-0.15, -0.1) is 0 Å². The Morgan fingerprint density at radius 1 is 1.05 bits per heavy atom. The topological polar surface area (TPSA) is 49.8 Å². The average molecular weight is 281 g/mol. The summed E-state index contributed by atoms with van der Waals surface area (Å²) in [5.74, 6) is 0.129. The number of nitrogens with zero attached hydrogens (tertiary/aromatic N) is 1. The summed E-state index contributed by atoms with van der Waals surface area (Å²) in [5.41, 5.74) is -0.806. The van der Waals surface area contributed by atoms with Gasteiger partial charge < -0.3 is 14.7 Å². The summed E-state index contributed by atoms with van der Waals surface area (Å²) in [6.07, 6.45) is 9.77. The molecule has 3 aliphatic rings. The monoisotopic (exact) mass is 281 g/mol. The number of carbonyl (C=O) groups is 1. The molecule has 3 fully saturated rings. The molecule has 1 spiro atoms. The third-order valence-corrected chi connectivity index (χ3v) is 5.38. The van der Waals surface area contributed by atoms with E-state index in [4.69, 9.17) is 4.74 Å². The molecule has 2 saturated carbocycles. The van der Waals surface area contributed by atoms with Crippen molar-refractivity contribution in [2.45, 2.75) is 75.4 Å². The van der Waals surface area contributed by atoms with Crippen LogP contribution in [0.15, 0.2) is 0 Å². The first-order valence-electron chi connectivity index (χ1n) is 8.25. The van der Waals surface area contributed by atoms with Crippen LogP contribution in [0.4, 0.5) is 0 Å². The van der Waals surface area contributed by atoms with E-state index in [-0.39, 0.29) is 11.5 Å².